The summed E-state index contributed by atoms with van der Waals surface area (Å²) in [6.45, 7) is 5.85. The Morgan fingerprint density at radius 1 is 1.18 bits per heavy atom. The van der Waals surface area contributed by atoms with Gasteiger partial charge in [-0.3, -0.25) is 10.1 Å². The Hall–Kier alpha value is -1.06. The quantitative estimate of drug-likeness (QED) is 0.695. The summed E-state index contributed by atoms with van der Waals surface area (Å²) in [5.74, 6) is 0.636. The third-order valence-corrected chi connectivity index (χ3v) is 3.10. The second kappa shape index (κ2) is 7.30. The molecule has 1 aliphatic heterocycles. The molecule has 1 rings (SSSR count). The van der Waals surface area contributed by atoms with Crippen molar-refractivity contribution in [2.45, 2.75) is 52.4 Å². The summed E-state index contributed by atoms with van der Waals surface area (Å²) in [4.78, 5) is 24.1. The minimum absolute atomic E-state index is 0.150. The number of carbonyl (C=O) groups is 2. The van der Waals surface area contributed by atoms with Crippen LogP contribution < -0.4 is 5.32 Å². The van der Waals surface area contributed by atoms with Gasteiger partial charge in [0.15, 0.2) is 0 Å². The molecule has 1 N–H and O–H groups in total. The van der Waals surface area contributed by atoms with E-state index in [1.807, 2.05) is 0 Å². The van der Waals surface area contributed by atoms with Gasteiger partial charge in [0, 0.05) is 19.5 Å². The van der Waals surface area contributed by atoms with Crippen molar-refractivity contribution in [1.29, 1.82) is 0 Å². The van der Waals surface area contributed by atoms with Gasteiger partial charge < -0.3 is 4.90 Å². The average molecular weight is 240 g/mol. The van der Waals surface area contributed by atoms with Crippen molar-refractivity contribution in [3.63, 3.8) is 0 Å². The molecule has 0 aliphatic carbocycles. The molecule has 17 heavy (non-hydrogen) atoms. The molecule has 0 saturated carbocycles. The van der Waals surface area contributed by atoms with Crippen LogP contribution in [0.3, 0.4) is 0 Å². The number of carbonyl (C=O) groups excluding carboxylic acids is 2. The fourth-order valence-corrected chi connectivity index (χ4v) is 2.02. The van der Waals surface area contributed by atoms with Crippen molar-refractivity contribution in [1.82, 2.24) is 10.2 Å². The van der Waals surface area contributed by atoms with Gasteiger partial charge in [-0.25, -0.2) is 4.79 Å². The van der Waals surface area contributed by atoms with Crippen molar-refractivity contribution in [2.75, 3.05) is 13.1 Å². The zero-order valence-electron chi connectivity index (χ0n) is 11.0. The smallest absolute Gasteiger partial charge is 0.324 e. The maximum atomic E-state index is 11.4. The Morgan fingerprint density at radius 3 is 2.53 bits per heavy atom. The minimum Gasteiger partial charge on any atom is -0.324 e. The van der Waals surface area contributed by atoms with Gasteiger partial charge in [-0.05, 0) is 12.3 Å². The van der Waals surface area contributed by atoms with E-state index in [1.54, 1.807) is 4.90 Å². The molecule has 1 saturated heterocycles. The Balaban J connectivity index is 2.03. The van der Waals surface area contributed by atoms with Crippen molar-refractivity contribution in [2.24, 2.45) is 5.92 Å². The summed E-state index contributed by atoms with van der Waals surface area (Å²) in [5, 5.41) is 2.34. The molecule has 3 amide bonds. The molecule has 1 heterocycles. The van der Waals surface area contributed by atoms with Crippen LogP contribution in [-0.4, -0.2) is 29.9 Å². The fourth-order valence-electron chi connectivity index (χ4n) is 2.02. The number of imide groups is 1. The predicted molar refractivity (Wildman–Crippen MR) is 67.7 cm³/mol. The molecule has 0 unspecified atom stereocenters. The average Bonchev–Trinajstić information content (AvgIpc) is 2.25. The van der Waals surface area contributed by atoms with Crippen molar-refractivity contribution in [3.05, 3.63) is 0 Å². The van der Waals surface area contributed by atoms with Crippen LogP contribution in [0.25, 0.3) is 0 Å². The van der Waals surface area contributed by atoms with Gasteiger partial charge in [-0.2, -0.15) is 0 Å². The van der Waals surface area contributed by atoms with Crippen LogP contribution in [0.1, 0.15) is 52.4 Å². The maximum Gasteiger partial charge on any atom is 0.324 e. The van der Waals surface area contributed by atoms with Crippen molar-refractivity contribution < 1.29 is 9.59 Å². The molecule has 0 radical (unpaired) electrons. The van der Waals surface area contributed by atoms with E-state index in [-0.39, 0.29) is 11.9 Å². The molecule has 0 atom stereocenters. The molecule has 0 aromatic rings. The summed E-state index contributed by atoms with van der Waals surface area (Å²) in [6, 6.07) is -0.219. The summed E-state index contributed by atoms with van der Waals surface area (Å²) < 4.78 is 0. The highest BCUT2D eigenvalue weighted by molar-refractivity contribution is 5.96. The van der Waals surface area contributed by atoms with Gasteiger partial charge in [-0.15, -0.1) is 0 Å². The Morgan fingerprint density at radius 2 is 1.88 bits per heavy atom. The van der Waals surface area contributed by atoms with Crippen LogP contribution in [0.5, 0.6) is 0 Å². The van der Waals surface area contributed by atoms with Gasteiger partial charge in [0.2, 0.25) is 5.91 Å². The number of hydrogen-bond donors (Lipinski definition) is 1. The lowest BCUT2D eigenvalue weighted by Crippen LogP contribution is -2.49. The van der Waals surface area contributed by atoms with Crippen LogP contribution in [-0.2, 0) is 4.79 Å². The monoisotopic (exact) mass is 240 g/mol. The van der Waals surface area contributed by atoms with E-state index in [2.05, 4.69) is 19.2 Å². The van der Waals surface area contributed by atoms with E-state index in [9.17, 15) is 9.59 Å². The largest absolute Gasteiger partial charge is 0.324 e. The Labute approximate surface area is 104 Å². The summed E-state index contributed by atoms with van der Waals surface area (Å²) >= 11 is 0. The number of amides is 3. The highest BCUT2D eigenvalue weighted by Gasteiger charge is 2.21. The van der Waals surface area contributed by atoms with E-state index < -0.39 is 0 Å². The van der Waals surface area contributed by atoms with Gasteiger partial charge in [0.25, 0.3) is 0 Å². The first-order valence-electron chi connectivity index (χ1n) is 6.68. The highest BCUT2D eigenvalue weighted by atomic mass is 16.2. The number of hydrogen-bond acceptors (Lipinski definition) is 2. The molecule has 98 valence electrons. The van der Waals surface area contributed by atoms with Gasteiger partial charge in [0.05, 0.1) is 0 Å². The molecule has 1 fully saturated rings. The summed E-state index contributed by atoms with van der Waals surface area (Å²) in [6.07, 6.45) is 6.47. The fraction of sp³-hybridized carbons (Fsp3) is 0.846. The van der Waals surface area contributed by atoms with E-state index >= 15 is 0 Å². The molecular formula is C13H24N2O2. The molecular weight excluding hydrogens is 216 g/mol. The number of rotatable bonds is 7. The molecule has 4 nitrogen and oxygen atoms in total. The van der Waals surface area contributed by atoms with Crippen LogP contribution >= 0.6 is 0 Å². The lowest BCUT2D eigenvalue weighted by molar-refractivity contribution is -0.121. The minimum atomic E-state index is -0.219. The molecule has 0 aromatic carbocycles. The third kappa shape index (κ3) is 5.71. The lowest BCUT2D eigenvalue weighted by Gasteiger charge is -2.26. The molecule has 0 spiro atoms. The number of nitrogens with zero attached hydrogens (tertiary/aromatic N) is 1. The Bertz CT molecular complexity index is 264. The molecule has 0 aromatic heterocycles. The number of nitrogens with one attached hydrogen (secondary N) is 1. The normalized spacial score (nSPS) is 16.5. The Kier molecular flexibility index (Phi) is 6.01. The lowest BCUT2D eigenvalue weighted by atomic mass is 10.0. The van der Waals surface area contributed by atoms with E-state index in [4.69, 9.17) is 0 Å². The molecule has 4 heteroatoms. The standard InChI is InChI=1S/C13H24N2O2/c1-11(2)7-5-3-4-6-9-15-10-8-12(16)14-13(15)17/h11H,3-10H2,1-2H3,(H,14,16,17). The SMILES string of the molecule is CC(C)CCCCCCN1CCC(=O)NC1=O. The summed E-state index contributed by atoms with van der Waals surface area (Å²) in [5.41, 5.74) is 0. The van der Waals surface area contributed by atoms with Gasteiger partial charge in [-0.1, -0.05) is 39.5 Å². The third-order valence-electron chi connectivity index (χ3n) is 3.10. The summed E-state index contributed by atoms with van der Waals surface area (Å²) in [7, 11) is 0. The first-order chi connectivity index (χ1) is 8.09. The highest BCUT2D eigenvalue weighted by Crippen LogP contribution is 2.10. The van der Waals surface area contributed by atoms with Gasteiger partial charge in [0.1, 0.15) is 0 Å². The topological polar surface area (TPSA) is 49.4 Å². The van der Waals surface area contributed by atoms with Crippen LogP contribution in [0.15, 0.2) is 0 Å². The van der Waals surface area contributed by atoms with Crippen LogP contribution in [0, 0.1) is 5.92 Å². The number of unbranched alkanes of at least 4 members (excludes halogenated alkanes) is 3. The number of urea groups is 1. The van der Waals surface area contributed by atoms with E-state index in [1.165, 1.54) is 25.7 Å². The van der Waals surface area contributed by atoms with Crippen molar-refractivity contribution >= 4 is 11.9 Å². The predicted octanol–water partition coefficient (Wildman–Crippen LogP) is 2.53. The first-order valence-corrected chi connectivity index (χ1v) is 6.68. The zero-order valence-corrected chi connectivity index (χ0v) is 11.0. The van der Waals surface area contributed by atoms with Gasteiger partial charge >= 0.3 is 6.03 Å². The van der Waals surface area contributed by atoms with Crippen LogP contribution in [0.2, 0.25) is 0 Å². The van der Waals surface area contributed by atoms with Crippen molar-refractivity contribution in [3.8, 4) is 0 Å². The molecule has 1 aliphatic rings. The van der Waals surface area contributed by atoms with E-state index in [0.29, 0.717) is 13.0 Å². The zero-order chi connectivity index (χ0) is 12.7. The van der Waals surface area contributed by atoms with Crippen LogP contribution in [0.4, 0.5) is 4.79 Å². The second-order valence-corrected chi connectivity index (χ2v) is 5.19. The maximum absolute atomic E-state index is 11.4. The first kappa shape index (κ1) is 14.0. The second-order valence-electron chi connectivity index (χ2n) is 5.19. The van der Waals surface area contributed by atoms with E-state index in [0.717, 1.165) is 18.9 Å². The molecule has 0 bridgehead atoms.